The highest BCUT2D eigenvalue weighted by atomic mass is 16.6. The normalized spacial score (nSPS) is 21.9. The fourth-order valence-electron chi connectivity index (χ4n) is 2.69. The van der Waals surface area contributed by atoms with Crippen molar-refractivity contribution in [2.24, 2.45) is 0 Å². The number of nitrogens with zero attached hydrogens (tertiary/aromatic N) is 1. The van der Waals surface area contributed by atoms with E-state index in [1.165, 1.54) is 0 Å². The Balaban J connectivity index is 2.02. The van der Waals surface area contributed by atoms with E-state index in [9.17, 15) is 14.7 Å². The summed E-state index contributed by atoms with van der Waals surface area (Å²) in [4.78, 5) is 25.7. The Morgan fingerprint density at radius 2 is 1.96 bits per heavy atom. The van der Waals surface area contributed by atoms with E-state index in [4.69, 9.17) is 4.74 Å². The molecule has 1 aromatic rings. The largest absolute Gasteiger partial charge is 0.479 e. The van der Waals surface area contributed by atoms with Gasteiger partial charge in [-0.1, -0.05) is 30.3 Å². The van der Waals surface area contributed by atoms with Crippen LogP contribution in [0, 0.1) is 0 Å². The topological polar surface area (TPSA) is 78.9 Å². The minimum absolute atomic E-state index is 0.260. The number of benzene rings is 1. The number of alkyl carbamates (subject to hydrolysis) is 1. The molecule has 1 aliphatic rings. The van der Waals surface area contributed by atoms with Crippen molar-refractivity contribution in [1.29, 1.82) is 0 Å². The van der Waals surface area contributed by atoms with Gasteiger partial charge in [-0.2, -0.15) is 0 Å². The number of nitrogens with one attached hydrogen (secondary N) is 1. The lowest BCUT2D eigenvalue weighted by Crippen LogP contribution is -2.57. The van der Waals surface area contributed by atoms with Gasteiger partial charge in [-0.15, -0.1) is 0 Å². The molecule has 0 unspecified atom stereocenters. The molecule has 0 spiro atoms. The third kappa shape index (κ3) is 4.69. The van der Waals surface area contributed by atoms with Gasteiger partial charge >= 0.3 is 12.1 Å². The van der Waals surface area contributed by atoms with Crippen LogP contribution >= 0.6 is 0 Å². The maximum atomic E-state index is 12.0. The van der Waals surface area contributed by atoms with Crippen LogP contribution in [0.1, 0.15) is 32.8 Å². The molecule has 1 fully saturated rings. The molecule has 6 heteroatoms. The van der Waals surface area contributed by atoms with Gasteiger partial charge in [-0.05, 0) is 32.8 Å². The molecule has 2 N–H and O–H groups in total. The van der Waals surface area contributed by atoms with Crippen LogP contribution in [-0.4, -0.2) is 46.3 Å². The Bertz CT molecular complexity index is 568. The Labute approximate surface area is 136 Å². The van der Waals surface area contributed by atoms with E-state index in [0.29, 0.717) is 19.5 Å². The van der Waals surface area contributed by atoms with E-state index in [1.54, 1.807) is 20.8 Å². The summed E-state index contributed by atoms with van der Waals surface area (Å²) in [6.07, 6.45) is -0.338. The summed E-state index contributed by atoms with van der Waals surface area (Å²) < 4.78 is 5.20. The zero-order valence-corrected chi connectivity index (χ0v) is 13.8. The van der Waals surface area contributed by atoms with E-state index in [1.807, 2.05) is 35.2 Å². The van der Waals surface area contributed by atoms with Gasteiger partial charge in [0.05, 0.1) is 0 Å². The molecule has 0 bridgehead atoms. The zero-order valence-electron chi connectivity index (χ0n) is 13.8. The molecule has 1 heterocycles. The monoisotopic (exact) mass is 320 g/mol. The molecular formula is C17H24N2O4. The number of amides is 1. The molecule has 126 valence electrons. The van der Waals surface area contributed by atoms with Gasteiger partial charge < -0.3 is 15.2 Å². The van der Waals surface area contributed by atoms with Crippen LogP contribution in [0.2, 0.25) is 0 Å². The second kappa shape index (κ2) is 6.58. The summed E-state index contributed by atoms with van der Waals surface area (Å²) in [5.41, 5.74) is -0.839. The summed E-state index contributed by atoms with van der Waals surface area (Å²) >= 11 is 0. The third-order valence-electron chi connectivity index (χ3n) is 3.75. The SMILES string of the molecule is CC(C)(C)OC(=O)N[C@@]1(C(=O)O)CCN(Cc2ccccc2)C1. The molecule has 23 heavy (non-hydrogen) atoms. The number of carbonyl (C=O) groups is 2. The lowest BCUT2D eigenvalue weighted by Gasteiger charge is -2.28. The number of ether oxygens (including phenoxy) is 1. The van der Waals surface area contributed by atoms with Crippen LogP contribution in [0.25, 0.3) is 0 Å². The standard InChI is InChI=1S/C17H24N2O4/c1-16(2,3)23-15(22)18-17(14(20)21)9-10-19(12-17)11-13-7-5-4-6-8-13/h4-8H,9-12H2,1-3H3,(H,18,22)(H,20,21)/t17-/m0/s1. The average molecular weight is 320 g/mol. The van der Waals surface area contributed by atoms with Crippen molar-refractivity contribution in [3.8, 4) is 0 Å². The summed E-state index contributed by atoms with van der Waals surface area (Å²) in [5, 5.41) is 12.2. The summed E-state index contributed by atoms with van der Waals surface area (Å²) in [7, 11) is 0. The maximum Gasteiger partial charge on any atom is 0.408 e. The highest BCUT2D eigenvalue weighted by Gasteiger charge is 2.46. The lowest BCUT2D eigenvalue weighted by molar-refractivity contribution is -0.144. The van der Waals surface area contributed by atoms with Gasteiger partial charge in [0.2, 0.25) is 0 Å². The Hall–Kier alpha value is -2.08. The van der Waals surface area contributed by atoms with Crippen LogP contribution in [0.3, 0.4) is 0 Å². The predicted octanol–water partition coefficient (Wildman–Crippen LogP) is 2.24. The minimum atomic E-state index is -1.29. The second-order valence-corrected chi connectivity index (χ2v) is 6.96. The van der Waals surface area contributed by atoms with Crippen molar-refractivity contribution >= 4 is 12.1 Å². The summed E-state index contributed by atoms with van der Waals surface area (Å²) in [6, 6.07) is 9.85. The van der Waals surface area contributed by atoms with Crippen molar-refractivity contribution < 1.29 is 19.4 Å². The molecule has 0 aliphatic carbocycles. The van der Waals surface area contributed by atoms with Gasteiger partial charge in [-0.3, -0.25) is 4.90 Å². The van der Waals surface area contributed by atoms with E-state index >= 15 is 0 Å². The van der Waals surface area contributed by atoms with Gasteiger partial charge in [-0.25, -0.2) is 9.59 Å². The first-order valence-corrected chi connectivity index (χ1v) is 7.71. The molecule has 1 atom stereocenters. The van der Waals surface area contributed by atoms with Crippen molar-refractivity contribution in [2.45, 2.75) is 44.9 Å². The molecular weight excluding hydrogens is 296 g/mol. The maximum absolute atomic E-state index is 12.0. The molecule has 1 aliphatic heterocycles. The van der Waals surface area contributed by atoms with E-state index < -0.39 is 23.2 Å². The number of carbonyl (C=O) groups excluding carboxylic acids is 1. The molecule has 1 amide bonds. The van der Waals surface area contributed by atoms with Crippen LogP contribution < -0.4 is 5.32 Å². The summed E-state index contributed by atoms with van der Waals surface area (Å²) in [6.45, 7) is 6.77. The number of hydrogen-bond donors (Lipinski definition) is 2. The van der Waals surface area contributed by atoms with Crippen LogP contribution in [0.4, 0.5) is 4.79 Å². The smallest absolute Gasteiger partial charge is 0.408 e. The first kappa shape index (κ1) is 17.3. The number of hydrogen-bond acceptors (Lipinski definition) is 4. The summed E-state index contributed by atoms with van der Waals surface area (Å²) in [5.74, 6) is -1.03. The number of carboxylic acid groups (broad SMARTS) is 1. The van der Waals surface area contributed by atoms with Crippen molar-refractivity contribution in [3.63, 3.8) is 0 Å². The third-order valence-corrected chi connectivity index (χ3v) is 3.75. The van der Waals surface area contributed by atoms with E-state index in [2.05, 4.69) is 5.32 Å². The predicted molar refractivity (Wildman–Crippen MR) is 86.1 cm³/mol. The Morgan fingerprint density at radius 1 is 1.30 bits per heavy atom. The quantitative estimate of drug-likeness (QED) is 0.889. The van der Waals surface area contributed by atoms with Crippen LogP contribution in [-0.2, 0) is 16.1 Å². The molecule has 0 radical (unpaired) electrons. The first-order chi connectivity index (χ1) is 10.7. The van der Waals surface area contributed by atoms with Gasteiger partial charge in [0.25, 0.3) is 0 Å². The first-order valence-electron chi connectivity index (χ1n) is 7.71. The van der Waals surface area contributed by atoms with Gasteiger partial charge in [0.1, 0.15) is 5.60 Å². The molecule has 1 aromatic carbocycles. The second-order valence-electron chi connectivity index (χ2n) is 6.96. The fourth-order valence-corrected chi connectivity index (χ4v) is 2.69. The highest BCUT2D eigenvalue weighted by molar-refractivity contribution is 5.85. The minimum Gasteiger partial charge on any atom is -0.479 e. The van der Waals surface area contributed by atoms with E-state index in [0.717, 1.165) is 5.56 Å². The molecule has 6 nitrogen and oxygen atoms in total. The average Bonchev–Trinajstić information content (AvgIpc) is 2.82. The molecule has 1 saturated heterocycles. The van der Waals surface area contributed by atoms with E-state index in [-0.39, 0.29) is 6.54 Å². The number of aliphatic carboxylic acids is 1. The molecule has 0 aromatic heterocycles. The molecule has 0 saturated carbocycles. The fraction of sp³-hybridized carbons (Fsp3) is 0.529. The van der Waals surface area contributed by atoms with Gasteiger partial charge in [0, 0.05) is 19.6 Å². The van der Waals surface area contributed by atoms with Crippen molar-refractivity contribution in [1.82, 2.24) is 10.2 Å². The van der Waals surface area contributed by atoms with Crippen LogP contribution in [0.15, 0.2) is 30.3 Å². The van der Waals surface area contributed by atoms with Crippen LogP contribution in [0.5, 0.6) is 0 Å². The van der Waals surface area contributed by atoms with Gasteiger partial charge in [0.15, 0.2) is 5.54 Å². The van der Waals surface area contributed by atoms with Crippen molar-refractivity contribution in [2.75, 3.05) is 13.1 Å². The van der Waals surface area contributed by atoms with Crippen molar-refractivity contribution in [3.05, 3.63) is 35.9 Å². The zero-order chi connectivity index (χ0) is 17.1. The lowest BCUT2D eigenvalue weighted by atomic mass is 9.99. The number of carboxylic acids is 1. The molecule has 2 rings (SSSR count). The Morgan fingerprint density at radius 3 is 2.52 bits per heavy atom. The number of rotatable bonds is 4. The number of likely N-dealkylation sites (tertiary alicyclic amines) is 1. The Kier molecular flexibility index (Phi) is 4.94. The highest BCUT2D eigenvalue weighted by Crippen LogP contribution is 2.24.